The Labute approximate surface area is 172 Å². The van der Waals surface area contributed by atoms with Crippen LogP contribution in [0.3, 0.4) is 0 Å². The second-order valence-electron chi connectivity index (χ2n) is 6.03. The number of rotatable bonds is 8. The number of thiocarbonyl (C=S) groups is 1. The van der Waals surface area contributed by atoms with Crippen LogP contribution < -0.4 is 16.0 Å². The van der Waals surface area contributed by atoms with Gasteiger partial charge in [-0.3, -0.25) is 14.1 Å². The minimum absolute atomic E-state index is 0.0215. The summed E-state index contributed by atoms with van der Waals surface area (Å²) in [5, 5.41) is 8.68. The number of hydrogen-bond acceptors (Lipinski definition) is 7. The van der Waals surface area contributed by atoms with Gasteiger partial charge in [0.15, 0.2) is 5.11 Å². The first-order valence-corrected chi connectivity index (χ1v) is 10.5. The third-order valence-corrected chi connectivity index (χ3v) is 4.72. The number of nitrogens with one attached hydrogen (secondary N) is 3. The van der Waals surface area contributed by atoms with E-state index in [0.29, 0.717) is 11.6 Å². The highest BCUT2D eigenvalue weighted by molar-refractivity contribution is 7.85. The van der Waals surface area contributed by atoms with Gasteiger partial charge >= 0.3 is 6.09 Å². The molecule has 1 aromatic rings. The van der Waals surface area contributed by atoms with Crippen molar-refractivity contribution in [3.8, 4) is 0 Å². The number of imide groups is 1. The number of hydrogen-bond donors (Lipinski definition) is 4. The minimum atomic E-state index is -4.05. The summed E-state index contributed by atoms with van der Waals surface area (Å²) in [7, 11) is -4.05. The lowest BCUT2D eigenvalue weighted by atomic mass is 10.1. The molecule has 0 radical (unpaired) electrons. The molecule has 1 saturated heterocycles. The van der Waals surface area contributed by atoms with Gasteiger partial charge < -0.3 is 20.8 Å². The Kier molecular flexibility index (Phi) is 7.87. The summed E-state index contributed by atoms with van der Waals surface area (Å²) in [6.45, 7) is 0.422. The Bertz CT molecular complexity index is 888. The molecule has 11 nitrogen and oxygen atoms in total. The fourth-order valence-corrected chi connectivity index (χ4v) is 2.87. The Morgan fingerprint density at radius 1 is 1.10 bits per heavy atom. The van der Waals surface area contributed by atoms with E-state index in [9.17, 15) is 22.8 Å². The van der Waals surface area contributed by atoms with E-state index in [1.807, 2.05) is 6.07 Å². The zero-order valence-electron chi connectivity index (χ0n) is 15.2. The Morgan fingerprint density at radius 2 is 1.69 bits per heavy atom. The van der Waals surface area contributed by atoms with E-state index in [1.165, 1.54) is 0 Å². The number of hydroxylamine groups is 2. The smallest absolute Gasteiger partial charge is 0.362 e. The summed E-state index contributed by atoms with van der Waals surface area (Å²) in [6, 6.07) is 7.14. The molecule has 29 heavy (non-hydrogen) atoms. The predicted octanol–water partition coefficient (Wildman–Crippen LogP) is -0.171. The van der Waals surface area contributed by atoms with Gasteiger partial charge in [-0.2, -0.15) is 8.42 Å². The maximum Gasteiger partial charge on any atom is 0.432 e. The lowest BCUT2D eigenvalue weighted by Crippen LogP contribution is -2.37. The van der Waals surface area contributed by atoms with Crippen molar-refractivity contribution in [2.24, 2.45) is 0 Å². The summed E-state index contributed by atoms with van der Waals surface area (Å²) in [6.07, 6.45) is -0.872. The van der Waals surface area contributed by atoms with Crippen LogP contribution in [0, 0.1) is 0 Å². The monoisotopic (exact) mass is 444 g/mol. The fourth-order valence-electron chi connectivity index (χ4n) is 2.34. The minimum Gasteiger partial charge on any atom is -0.362 e. The van der Waals surface area contributed by atoms with E-state index in [1.54, 1.807) is 18.2 Å². The van der Waals surface area contributed by atoms with Crippen molar-refractivity contribution < 1.29 is 32.2 Å². The van der Waals surface area contributed by atoms with Crippen LogP contribution in [0.4, 0.5) is 4.79 Å². The van der Waals surface area contributed by atoms with Crippen LogP contribution in [0.1, 0.15) is 24.0 Å². The number of nitrogens with zero attached hydrogens (tertiary/aromatic N) is 1. The maximum atomic E-state index is 11.8. The quantitative estimate of drug-likeness (QED) is 0.241. The summed E-state index contributed by atoms with van der Waals surface area (Å²) < 4.78 is 29.9. The zero-order chi connectivity index (χ0) is 21.4. The van der Waals surface area contributed by atoms with Crippen molar-refractivity contribution in [1.82, 2.24) is 21.0 Å². The van der Waals surface area contributed by atoms with Crippen LogP contribution >= 0.6 is 12.2 Å². The summed E-state index contributed by atoms with van der Waals surface area (Å²) in [5.74, 6) is -1.57. The van der Waals surface area contributed by atoms with Gasteiger partial charge in [0, 0.05) is 32.5 Å². The van der Waals surface area contributed by atoms with Crippen LogP contribution in [0.15, 0.2) is 24.3 Å². The van der Waals surface area contributed by atoms with Gasteiger partial charge in [-0.1, -0.05) is 24.3 Å². The van der Waals surface area contributed by atoms with Gasteiger partial charge in [0.2, 0.25) is 0 Å². The summed E-state index contributed by atoms with van der Waals surface area (Å²) >= 11 is 5.02. The third kappa shape index (κ3) is 8.01. The second-order valence-corrected chi connectivity index (χ2v) is 8.01. The number of carbonyl (C=O) groups is 3. The largest absolute Gasteiger partial charge is 0.432 e. The number of benzene rings is 1. The first-order chi connectivity index (χ1) is 13.6. The Balaban J connectivity index is 1.75. The van der Waals surface area contributed by atoms with Crippen molar-refractivity contribution >= 4 is 45.4 Å². The van der Waals surface area contributed by atoms with Gasteiger partial charge in [-0.05, 0) is 23.3 Å². The molecule has 1 aliphatic rings. The molecule has 158 valence electrons. The molecule has 3 amide bonds. The standard InChI is InChI=1S/C16H20N4O7S2/c21-13-4-5-14(22)20(13)27-16(23)19-10-12-3-1-2-11(8-12)9-18-15(28)17-6-7-29(24,25)26/h1-3,8H,4-7,9-10H2,(H,19,23)(H2,17,18,28)(H,24,25,26). The van der Waals surface area contributed by atoms with Crippen LogP contribution in [0.5, 0.6) is 0 Å². The van der Waals surface area contributed by atoms with Gasteiger partial charge in [-0.15, -0.1) is 5.06 Å². The van der Waals surface area contributed by atoms with E-state index in [-0.39, 0.29) is 31.0 Å². The van der Waals surface area contributed by atoms with Crippen molar-refractivity contribution in [1.29, 1.82) is 0 Å². The molecule has 4 N–H and O–H groups in total. The molecule has 1 fully saturated rings. The zero-order valence-corrected chi connectivity index (χ0v) is 16.8. The van der Waals surface area contributed by atoms with Gasteiger partial charge in [0.05, 0.1) is 5.75 Å². The Hall–Kier alpha value is -2.77. The Morgan fingerprint density at radius 3 is 2.28 bits per heavy atom. The van der Waals surface area contributed by atoms with Crippen molar-refractivity contribution in [3.63, 3.8) is 0 Å². The molecule has 0 aliphatic carbocycles. The van der Waals surface area contributed by atoms with Gasteiger partial charge in [0.1, 0.15) is 0 Å². The van der Waals surface area contributed by atoms with E-state index in [0.717, 1.165) is 11.1 Å². The first-order valence-electron chi connectivity index (χ1n) is 8.50. The average Bonchev–Trinajstić information content (AvgIpc) is 2.96. The van der Waals surface area contributed by atoms with Crippen LogP contribution in [-0.4, -0.2) is 53.4 Å². The summed E-state index contributed by atoms with van der Waals surface area (Å²) in [4.78, 5) is 39.3. The van der Waals surface area contributed by atoms with Crippen molar-refractivity contribution in [2.75, 3.05) is 12.3 Å². The third-order valence-electron chi connectivity index (χ3n) is 3.71. The van der Waals surface area contributed by atoms with Crippen LogP contribution in [-0.2, 0) is 37.6 Å². The SMILES string of the molecule is O=C(NCc1cccc(CNC(=S)NCCS(=O)(=O)O)c1)ON1C(=O)CCC1=O. The molecule has 1 aromatic carbocycles. The highest BCUT2D eigenvalue weighted by atomic mass is 32.2. The van der Waals surface area contributed by atoms with Crippen LogP contribution in [0.25, 0.3) is 0 Å². The fraction of sp³-hybridized carbons (Fsp3) is 0.375. The predicted molar refractivity (Wildman–Crippen MR) is 105 cm³/mol. The second kappa shape index (κ2) is 10.1. The lowest BCUT2D eigenvalue weighted by Gasteiger charge is -2.13. The molecule has 0 spiro atoms. The van der Waals surface area contributed by atoms with Gasteiger partial charge in [-0.25, -0.2) is 4.79 Å². The molecular weight excluding hydrogens is 424 g/mol. The van der Waals surface area contributed by atoms with E-state index >= 15 is 0 Å². The molecule has 0 aromatic heterocycles. The number of amides is 3. The topological polar surface area (TPSA) is 154 Å². The maximum absolute atomic E-state index is 11.8. The molecule has 0 bridgehead atoms. The molecule has 1 heterocycles. The first kappa shape index (κ1) is 22.5. The molecule has 1 aliphatic heterocycles. The highest BCUT2D eigenvalue weighted by Gasteiger charge is 2.32. The highest BCUT2D eigenvalue weighted by Crippen LogP contribution is 2.12. The summed E-state index contributed by atoms with van der Waals surface area (Å²) in [5.41, 5.74) is 1.58. The number of carbonyl (C=O) groups excluding carboxylic acids is 3. The van der Waals surface area contributed by atoms with E-state index in [2.05, 4.69) is 16.0 Å². The molecule has 13 heteroatoms. The molecule has 0 saturated carbocycles. The lowest BCUT2D eigenvalue weighted by molar-refractivity contribution is -0.171. The molecule has 0 atom stereocenters. The van der Waals surface area contributed by atoms with Crippen molar-refractivity contribution in [3.05, 3.63) is 35.4 Å². The average molecular weight is 444 g/mol. The molecule has 2 rings (SSSR count). The molecular formula is C16H20N4O7S2. The molecule has 0 unspecified atom stereocenters. The normalized spacial score (nSPS) is 13.9. The van der Waals surface area contributed by atoms with E-state index < -0.39 is 33.8 Å². The van der Waals surface area contributed by atoms with Crippen molar-refractivity contribution in [2.45, 2.75) is 25.9 Å². The van der Waals surface area contributed by atoms with Gasteiger partial charge in [0.25, 0.3) is 21.9 Å². The van der Waals surface area contributed by atoms with Crippen LogP contribution in [0.2, 0.25) is 0 Å². The van der Waals surface area contributed by atoms with E-state index in [4.69, 9.17) is 21.6 Å².